The molecule has 0 saturated heterocycles. The summed E-state index contributed by atoms with van der Waals surface area (Å²) >= 11 is 6.26. The smallest absolute Gasteiger partial charge is 0.255 e. The van der Waals surface area contributed by atoms with Crippen molar-refractivity contribution >= 4 is 33.0 Å². The monoisotopic (exact) mass is 574 g/mol. The lowest BCUT2D eigenvalue weighted by Crippen LogP contribution is -2.55. The van der Waals surface area contributed by atoms with E-state index in [2.05, 4.69) is 10.6 Å². The Bertz CT molecular complexity index is 1320. The Morgan fingerprint density at radius 1 is 1.16 bits per heavy atom. The van der Waals surface area contributed by atoms with Crippen molar-refractivity contribution in [3.8, 4) is 0 Å². The number of aliphatic hydroxyl groups is 2. The molecule has 3 unspecified atom stereocenters. The number of nitrogens with one attached hydrogen (secondary N) is 2. The van der Waals surface area contributed by atoms with Crippen molar-refractivity contribution in [1.82, 2.24) is 5.32 Å². The summed E-state index contributed by atoms with van der Waals surface area (Å²) < 4.78 is 67.8. The number of halogens is 4. The fourth-order valence-electron chi connectivity index (χ4n) is 5.85. The van der Waals surface area contributed by atoms with Crippen LogP contribution in [0.4, 0.5) is 18.9 Å². The van der Waals surface area contributed by atoms with E-state index in [1.807, 2.05) is 6.92 Å². The van der Waals surface area contributed by atoms with Gasteiger partial charge >= 0.3 is 0 Å². The molecule has 38 heavy (non-hydrogen) atoms. The minimum absolute atomic E-state index is 0.0833. The van der Waals surface area contributed by atoms with Crippen LogP contribution in [0.5, 0.6) is 0 Å². The van der Waals surface area contributed by atoms with Crippen LogP contribution in [-0.4, -0.2) is 54.6 Å². The molecule has 2 aliphatic carbocycles. The van der Waals surface area contributed by atoms with Crippen molar-refractivity contribution in [2.24, 2.45) is 17.8 Å². The second kappa shape index (κ2) is 10.8. The van der Waals surface area contributed by atoms with Crippen molar-refractivity contribution in [3.05, 3.63) is 58.4 Å². The number of aliphatic hydroxyl groups excluding tert-OH is 1. The van der Waals surface area contributed by atoms with Gasteiger partial charge in [0.2, 0.25) is 0 Å². The second-order valence-corrected chi connectivity index (χ2v) is 13.1. The molecule has 0 heterocycles. The van der Waals surface area contributed by atoms with E-state index in [1.54, 1.807) is 6.92 Å². The summed E-state index contributed by atoms with van der Waals surface area (Å²) in [5, 5.41) is 25.3. The summed E-state index contributed by atoms with van der Waals surface area (Å²) in [7, 11) is -4.03. The molecule has 0 aliphatic heterocycles. The van der Waals surface area contributed by atoms with E-state index in [4.69, 9.17) is 11.6 Å². The number of fused-ring (bicyclic) bond motifs is 2. The number of sulfone groups is 1. The highest BCUT2D eigenvalue weighted by Gasteiger charge is 2.58. The molecule has 2 aliphatic rings. The maximum Gasteiger partial charge on any atom is 0.255 e. The number of hydrogen-bond acceptors (Lipinski definition) is 6. The molecule has 0 radical (unpaired) electrons. The molecule has 2 bridgehead atoms. The SMILES string of the molecule is CC(CO)NC[C@@]1(O)C2C[C@@H](S(=O)(=O)c3cc(C(=O)Nc4cc(F)c(F)c(F)c4)ccc3Cl)CC1[C@@H](C)C2. The van der Waals surface area contributed by atoms with Crippen molar-refractivity contribution < 1.29 is 36.6 Å². The summed E-state index contributed by atoms with van der Waals surface area (Å²) in [6.07, 6.45) is 1.06. The van der Waals surface area contributed by atoms with E-state index in [1.165, 1.54) is 12.1 Å². The normalized spacial score (nSPS) is 27.8. The van der Waals surface area contributed by atoms with E-state index in [0.717, 1.165) is 6.07 Å². The Morgan fingerprint density at radius 3 is 2.42 bits per heavy atom. The predicted octanol–water partition coefficient (Wildman–Crippen LogP) is 3.92. The molecule has 2 saturated carbocycles. The summed E-state index contributed by atoms with van der Waals surface area (Å²) in [5.74, 6) is -6.01. The first-order chi connectivity index (χ1) is 17.8. The highest BCUT2D eigenvalue weighted by Crippen LogP contribution is 2.54. The Hall–Kier alpha value is -2.18. The van der Waals surface area contributed by atoms with Crippen LogP contribution in [0.25, 0.3) is 0 Å². The third-order valence-electron chi connectivity index (χ3n) is 7.94. The van der Waals surface area contributed by atoms with Crippen LogP contribution in [0.2, 0.25) is 5.02 Å². The van der Waals surface area contributed by atoms with Gasteiger partial charge in [0.25, 0.3) is 5.91 Å². The zero-order valence-electron chi connectivity index (χ0n) is 20.8. The molecule has 208 valence electrons. The average Bonchev–Trinajstić information content (AvgIpc) is 2.98. The number of anilines is 1. The summed E-state index contributed by atoms with van der Waals surface area (Å²) in [6, 6.07) is 4.64. The molecule has 0 aromatic heterocycles. The molecular weight excluding hydrogens is 545 g/mol. The van der Waals surface area contributed by atoms with Gasteiger partial charge in [-0.15, -0.1) is 0 Å². The van der Waals surface area contributed by atoms with E-state index in [0.29, 0.717) is 18.6 Å². The van der Waals surface area contributed by atoms with Crippen LogP contribution in [0.1, 0.15) is 43.5 Å². The fraction of sp³-hybridized carbons (Fsp3) is 0.500. The summed E-state index contributed by atoms with van der Waals surface area (Å²) in [5.41, 5.74) is -1.57. The largest absolute Gasteiger partial charge is 0.395 e. The predicted molar refractivity (Wildman–Crippen MR) is 136 cm³/mol. The number of rotatable bonds is 8. The second-order valence-electron chi connectivity index (χ2n) is 10.5. The third-order valence-corrected chi connectivity index (χ3v) is 10.6. The molecule has 0 spiro atoms. The molecular formula is C26H30ClF3N2O5S. The zero-order valence-corrected chi connectivity index (χ0v) is 22.4. The molecule has 6 atom stereocenters. The quantitative estimate of drug-likeness (QED) is 0.355. The number of amides is 1. The lowest BCUT2D eigenvalue weighted by molar-refractivity contribution is -0.0633. The molecule has 2 fully saturated rings. The molecule has 1 amide bonds. The van der Waals surface area contributed by atoms with Crippen LogP contribution in [0.3, 0.4) is 0 Å². The van der Waals surface area contributed by atoms with Gasteiger partial charge in [-0.25, -0.2) is 21.6 Å². The highest BCUT2D eigenvalue weighted by atomic mass is 35.5. The Morgan fingerprint density at radius 2 is 1.82 bits per heavy atom. The van der Waals surface area contributed by atoms with Gasteiger partial charge in [0.05, 0.1) is 27.4 Å². The van der Waals surface area contributed by atoms with E-state index in [9.17, 15) is 36.6 Å². The first-order valence-corrected chi connectivity index (χ1v) is 14.3. The number of hydrogen-bond donors (Lipinski definition) is 4. The molecule has 4 N–H and O–H groups in total. The van der Waals surface area contributed by atoms with Gasteiger partial charge in [-0.05, 0) is 62.1 Å². The highest BCUT2D eigenvalue weighted by molar-refractivity contribution is 7.92. The number of benzene rings is 2. The van der Waals surface area contributed by atoms with Gasteiger partial charge < -0.3 is 20.8 Å². The Balaban J connectivity index is 1.57. The van der Waals surface area contributed by atoms with Crippen LogP contribution in [-0.2, 0) is 9.84 Å². The molecule has 2 aromatic carbocycles. The van der Waals surface area contributed by atoms with Crippen molar-refractivity contribution in [2.75, 3.05) is 18.5 Å². The third kappa shape index (κ3) is 5.31. The Kier molecular flexibility index (Phi) is 8.17. The van der Waals surface area contributed by atoms with Crippen LogP contribution in [0.15, 0.2) is 35.2 Å². The van der Waals surface area contributed by atoms with Crippen molar-refractivity contribution in [2.45, 2.75) is 54.9 Å². The maximum atomic E-state index is 13.7. The maximum absolute atomic E-state index is 13.7. The molecule has 2 aromatic rings. The minimum Gasteiger partial charge on any atom is -0.395 e. The fourth-order valence-corrected chi connectivity index (χ4v) is 8.23. The van der Waals surface area contributed by atoms with Gasteiger partial charge in [0.1, 0.15) is 0 Å². The summed E-state index contributed by atoms with van der Waals surface area (Å²) in [6.45, 7) is 3.92. The van der Waals surface area contributed by atoms with Gasteiger partial charge in [-0.3, -0.25) is 4.79 Å². The van der Waals surface area contributed by atoms with Crippen LogP contribution < -0.4 is 10.6 Å². The first-order valence-electron chi connectivity index (χ1n) is 12.3. The average molecular weight is 575 g/mol. The van der Waals surface area contributed by atoms with Crippen molar-refractivity contribution in [3.63, 3.8) is 0 Å². The minimum atomic E-state index is -4.03. The molecule has 7 nitrogen and oxygen atoms in total. The standard InChI is InChI=1S/C26H30ClF3N2O5S/c1-13-5-16-7-18(10-19(13)26(16,35)12-31-14(2)11-33)38(36,37)23-6-15(3-4-20(23)27)25(34)32-17-8-21(28)24(30)22(29)9-17/h3-4,6,8-9,13-14,16,18-19,31,33,35H,5,7,10-12H2,1-2H3,(H,32,34)/t13-,14?,16?,18+,19?,26+/m0/s1. The van der Waals surface area contributed by atoms with E-state index < -0.39 is 44.0 Å². The zero-order chi connectivity index (χ0) is 28.0. The van der Waals surface area contributed by atoms with Gasteiger partial charge in [0, 0.05) is 36.0 Å². The van der Waals surface area contributed by atoms with Gasteiger partial charge in [-0.2, -0.15) is 0 Å². The first kappa shape index (κ1) is 28.8. The van der Waals surface area contributed by atoms with E-state index >= 15 is 0 Å². The molecule has 4 rings (SSSR count). The lowest BCUT2D eigenvalue weighted by Gasteiger charge is -2.43. The van der Waals surface area contributed by atoms with Gasteiger partial charge in [-0.1, -0.05) is 18.5 Å². The Labute approximate surface area is 224 Å². The summed E-state index contributed by atoms with van der Waals surface area (Å²) in [4.78, 5) is 12.5. The topological polar surface area (TPSA) is 116 Å². The number of carbonyl (C=O) groups excluding carboxylic acids is 1. The molecule has 12 heteroatoms. The number of carbonyl (C=O) groups is 1. The van der Waals surface area contributed by atoms with Crippen LogP contribution in [0, 0.1) is 35.2 Å². The van der Waals surface area contributed by atoms with Gasteiger partial charge in [0.15, 0.2) is 27.3 Å². The van der Waals surface area contributed by atoms with E-state index in [-0.39, 0.29) is 71.0 Å². The van der Waals surface area contributed by atoms with Crippen LogP contribution >= 0.6 is 11.6 Å². The lowest BCUT2D eigenvalue weighted by atomic mass is 9.73. The van der Waals surface area contributed by atoms with Crippen molar-refractivity contribution in [1.29, 1.82) is 0 Å².